The van der Waals surface area contributed by atoms with Crippen LogP contribution in [-0.2, 0) is 14.6 Å². The Morgan fingerprint density at radius 1 is 1.57 bits per heavy atom. The molecule has 3 atom stereocenters. The minimum Gasteiger partial charge on any atom is -0.382 e. The van der Waals surface area contributed by atoms with Gasteiger partial charge in [0.15, 0.2) is 9.84 Å². The van der Waals surface area contributed by atoms with Crippen molar-refractivity contribution in [2.24, 2.45) is 11.7 Å². The largest absolute Gasteiger partial charge is 0.382 e. The third-order valence-electron chi connectivity index (χ3n) is 2.88. The van der Waals surface area contributed by atoms with E-state index in [1.807, 2.05) is 6.92 Å². The molecule has 1 rings (SSSR count). The Balaban J connectivity index is 2.43. The normalized spacial score (nSPS) is 30.1. The van der Waals surface area contributed by atoms with E-state index >= 15 is 0 Å². The number of hydrogen-bond donors (Lipinski definition) is 1. The summed E-state index contributed by atoms with van der Waals surface area (Å²) in [5.41, 5.74) is 5.93. The molecule has 0 aromatic rings. The molecule has 4 nitrogen and oxygen atoms in total. The lowest BCUT2D eigenvalue weighted by Crippen LogP contribution is -2.34. The van der Waals surface area contributed by atoms with Crippen LogP contribution in [0.2, 0.25) is 0 Å². The maximum Gasteiger partial charge on any atom is 0.150 e. The molecule has 1 aliphatic rings. The molecular formula is C9H19NO3S. The molecule has 0 radical (unpaired) electrons. The zero-order chi connectivity index (χ0) is 10.8. The molecule has 0 amide bonds. The Labute approximate surface area is 85.7 Å². The van der Waals surface area contributed by atoms with Crippen molar-refractivity contribution >= 4 is 9.84 Å². The first kappa shape index (κ1) is 11.9. The fourth-order valence-electron chi connectivity index (χ4n) is 1.83. The Morgan fingerprint density at radius 2 is 2.21 bits per heavy atom. The summed E-state index contributed by atoms with van der Waals surface area (Å²) < 4.78 is 27.5. The van der Waals surface area contributed by atoms with E-state index in [9.17, 15) is 8.42 Å². The first-order valence-electron chi connectivity index (χ1n) is 4.93. The summed E-state index contributed by atoms with van der Waals surface area (Å²) in [5, 5.41) is 0. The average molecular weight is 221 g/mol. The minimum atomic E-state index is -2.80. The molecule has 5 heteroatoms. The summed E-state index contributed by atoms with van der Waals surface area (Å²) in [4.78, 5) is 0. The number of rotatable bonds is 4. The smallest absolute Gasteiger partial charge is 0.150 e. The fraction of sp³-hybridized carbons (Fsp3) is 1.00. The van der Waals surface area contributed by atoms with Gasteiger partial charge in [-0.1, -0.05) is 0 Å². The number of nitrogens with two attached hydrogens (primary N) is 1. The van der Waals surface area contributed by atoms with Crippen molar-refractivity contribution in [2.75, 3.05) is 18.6 Å². The van der Waals surface area contributed by atoms with E-state index in [-0.39, 0.29) is 23.8 Å². The van der Waals surface area contributed by atoms with Crippen LogP contribution in [0, 0.1) is 5.92 Å². The van der Waals surface area contributed by atoms with E-state index in [0.29, 0.717) is 12.2 Å². The summed E-state index contributed by atoms with van der Waals surface area (Å²) in [7, 11) is -1.16. The van der Waals surface area contributed by atoms with Crippen LogP contribution in [0.3, 0.4) is 0 Å². The van der Waals surface area contributed by atoms with Gasteiger partial charge in [-0.3, -0.25) is 0 Å². The molecular weight excluding hydrogens is 202 g/mol. The number of hydrogen-bond acceptors (Lipinski definition) is 4. The van der Waals surface area contributed by atoms with Crippen LogP contribution in [0.4, 0.5) is 0 Å². The zero-order valence-electron chi connectivity index (χ0n) is 8.77. The van der Waals surface area contributed by atoms with Crippen molar-refractivity contribution in [2.45, 2.75) is 31.9 Å². The third kappa shape index (κ3) is 3.22. The molecule has 84 valence electrons. The van der Waals surface area contributed by atoms with Gasteiger partial charge in [0, 0.05) is 13.2 Å². The molecule has 0 aromatic heterocycles. The van der Waals surface area contributed by atoms with E-state index in [1.54, 1.807) is 7.11 Å². The van der Waals surface area contributed by atoms with Crippen molar-refractivity contribution in [1.29, 1.82) is 0 Å². The highest BCUT2D eigenvalue weighted by Gasteiger charge is 2.32. The van der Waals surface area contributed by atoms with Crippen molar-refractivity contribution in [3.8, 4) is 0 Å². The van der Waals surface area contributed by atoms with Gasteiger partial charge in [0.05, 0.1) is 17.6 Å². The first-order valence-corrected chi connectivity index (χ1v) is 6.75. The molecule has 0 spiro atoms. The van der Waals surface area contributed by atoms with Gasteiger partial charge in [0.25, 0.3) is 0 Å². The Kier molecular flexibility index (Phi) is 3.92. The first-order chi connectivity index (χ1) is 6.44. The van der Waals surface area contributed by atoms with E-state index in [0.717, 1.165) is 6.42 Å². The molecule has 0 bridgehead atoms. The molecule has 1 saturated heterocycles. The summed E-state index contributed by atoms with van der Waals surface area (Å²) in [5.74, 6) is 0.676. The zero-order valence-corrected chi connectivity index (χ0v) is 9.59. The van der Waals surface area contributed by atoms with Gasteiger partial charge >= 0.3 is 0 Å². The van der Waals surface area contributed by atoms with E-state index < -0.39 is 9.84 Å². The third-order valence-corrected chi connectivity index (χ3v) is 4.67. The van der Waals surface area contributed by atoms with E-state index in [2.05, 4.69) is 0 Å². The topological polar surface area (TPSA) is 69.4 Å². The molecule has 1 aliphatic heterocycles. The van der Waals surface area contributed by atoms with Crippen molar-refractivity contribution in [1.82, 2.24) is 0 Å². The van der Waals surface area contributed by atoms with Crippen molar-refractivity contribution in [3.63, 3.8) is 0 Å². The Hall–Kier alpha value is -0.130. The van der Waals surface area contributed by atoms with Crippen LogP contribution in [0.15, 0.2) is 0 Å². The average Bonchev–Trinajstić information content (AvgIpc) is 2.46. The maximum atomic E-state index is 11.2. The van der Waals surface area contributed by atoms with Crippen LogP contribution in [0.5, 0.6) is 0 Å². The molecule has 1 fully saturated rings. The molecule has 2 N–H and O–H groups in total. The second-order valence-corrected chi connectivity index (χ2v) is 6.34. The summed E-state index contributed by atoms with van der Waals surface area (Å²) in [6.45, 7) is 1.95. The minimum absolute atomic E-state index is 0.0535. The fourth-order valence-corrected chi connectivity index (χ4v) is 3.73. The van der Waals surface area contributed by atoms with Gasteiger partial charge in [-0.25, -0.2) is 8.42 Å². The lowest BCUT2D eigenvalue weighted by molar-refractivity contribution is 0.0991. The van der Waals surface area contributed by atoms with Crippen LogP contribution in [0.1, 0.15) is 19.8 Å². The van der Waals surface area contributed by atoms with Gasteiger partial charge in [0.2, 0.25) is 0 Å². The molecule has 3 unspecified atom stereocenters. The van der Waals surface area contributed by atoms with Gasteiger partial charge in [-0.05, 0) is 25.7 Å². The highest BCUT2D eigenvalue weighted by atomic mass is 32.2. The number of sulfone groups is 1. The Morgan fingerprint density at radius 3 is 2.64 bits per heavy atom. The molecule has 0 aliphatic carbocycles. The predicted molar refractivity (Wildman–Crippen MR) is 55.8 cm³/mol. The van der Waals surface area contributed by atoms with Crippen molar-refractivity contribution in [3.05, 3.63) is 0 Å². The second-order valence-electron chi connectivity index (χ2n) is 4.11. The van der Waals surface area contributed by atoms with Crippen molar-refractivity contribution < 1.29 is 13.2 Å². The van der Waals surface area contributed by atoms with Gasteiger partial charge in [-0.2, -0.15) is 0 Å². The SMILES string of the molecule is COC(C)CC(N)C1CCS(=O)(=O)C1. The van der Waals surface area contributed by atoms with E-state index in [4.69, 9.17) is 10.5 Å². The lowest BCUT2D eigenvalue weighted by Gasteiger charge is -2.20. The Bertz CT molecular complexity index is 276. The van der Waals surface area contributed by atoms with Crippen LogP contribution < -0.4 is 5.73 Å². The van der Waals surface area contributed by atoms with Gasteiger partial charge in [0.1, 0.15) is 0 Å². The molecule has 14 heavy (non-hydrogen) atoms. The van der Waals surface area contributed by atoms with Crippen LogP contribution in [0.25, 0.3) is 0 Å². The monoisotopic (exact) mass is 221 g/mol. The van der Waals surface area contributed by atoms with Gasteiger partial charge in [-0.15, -0.1) is 0 Å². The quantitative estimate of drug-likeness (QED) is 0.735. The molecule has 0 aromatic carbocycles. The molecule has 1 heterocycles. The molecule has 0 saturated carbocycles. The second kappa shape index (κ2) is 4.59. The summed E-state index contributed by atoms with van der Waals surface area (Å²) in [6.07, 6.45) is 1.55. The highest BCUT2D eigenvalue weighted by molar-refractivity contribution is 7.91. The standard InChI is InChI=1S/C9H19NO3S/c1-7(13-2)5-9(10)8-3-4-14(11,12)6-8/h7-9H,3-6,10H2,1-2H3. The highest BCUT2D eigenvalue weighted by Crippen LogP contribution is 2.23. The number of methoxy groups -OCH3 is 1. The van der Waals surface area contributed by atoms with Crippen LogP contribution >= 0.6 is 0 Å². The predicted octanol–water partition coefficient (Wildman–Crippen LogP) is 0.173. The van der Waals surface area contributed by atoms with Crippen LogP contribution in [-0.4, -0.2) is 39.2 Å². The lowest BCUT2D eigenvalue weighted by atomic mass is 9.95. The van der Waals surface area contributed by atoms with E-state index in [1.165, 1.54) is 0 Å². The maximum absolute atomic E-state index is 11.2. The number of ether oxygens (including phenoxy) is 1. The summed E-state index contributed by atoms with van der Waals surface area (Å²) >= 11 is 0. The summed E-state index contributed by atoms with van der Waals surface area (Å²) in [6, 6.07) is -0.0535. The van der Waals surface area contributed by atoms with Gasteiger partial charge < -0.3 is 10.5 Å².